The second-order valence-electron chi connectivity index (χ2n) is 8.33. The highest BCUT2D eigenvalue weighted by molar-refractivity contribution is 5.91. The smallest absolute Gasteiger partial charge is 0.286 e. The van der Waals surface area contributed by atoms with E-state index in [9.17, 15) is 4.79 Å². The Kier molecular flexibility index (Phi) is 6.20. The molecule has 2 heterocycles. The molecule has 0 fully saturated rings. The molecule has 0 bridgehead atoms. The second-order valence-corrected chi connectivity index (χ2v) is 8.33. The lowest BCUT2D eigenvalue weighted by Crippen LogP contribution is -2.23. The minimum Gasteiger partial charge on any atom is -0.459 e. The number of para-hydroxylation sites is 2. The van der Waals surface area contributed by atoms with E-state index in [0.717, 1.165) is 43.6 Å². The van der Waals surface area contributed by atoms with E-state index >= 15 is 0 Å². The van der Waals surface area contributed by atoms with Crippen molar-refractivity contribution in [2.45, 2.75) is 32.2 Å². The van der Waals surface area contributed by atoms with Crippen molar-refractivity contribution in [2.24, 2.45) is 0 Å². The van der Waals surface area contributed by atoms with Gasteiger partial charge >= 0.3 is 0 Å². The predicted octanol–water partition coefficient (Wildman–Crippen LogP) is 5.97. The Bertz CT molecular complexity index is 1370. The third-order valence-corrected chi connectivity index (χ3v) is 6.00. The number of benzene rings is 3. The molecule has 0 spiro atoms. The van der Waals surface area contributed by atoms with Crippen molar-refractivity contribution in [1.82, 2.24) is 14.9 Å². The van der Waals surface area contributed by atoms with Crippen LogP contribution in [0.2, 0.25) is 0 Å². The van der Waals surface area contributed by atoms with E-state index in [4.69, 9.17) is 9.40 Å². The van der Waals surface area contributed by atoms with Gasteiger partial charge in [-0.2, -0.15) is 0 Å². The molecular formula is C28H27N3O2. The van der Waals surface area contributed by atoms with Gasteiger partial charge in [-0.05, 0) is 59.5 Å². The van der Waals surface area contributed by atoms with E-state index in [1.54, 1.807) is 12.1 Å². The van der Waals surface area contributed by atoms with Crippen LogP contribution < -0.4 is 5.32 Å². The van der Waals surface area contributed by atoms with Crippen LogP contribution in [-0.4, -0.2) is 22.0 Å². The first-order valence-electron chi connectivity index (χ1n) is 11.5. The third kappa shape index (κ3) is 4.82. The van der Waals surface area contributed by atoms with Gasteiger partial charge in [-0.25, -0.2) is 4.98 Å². The maximum Gasteiger partial charge on any atom is 0.286 e. The van der Waals surface area contributed by atoms with Crippen LogP contribution in [0.3, 0.4) is 0 Å². The van der Waals surface area contributed by atoms with Crippen molar-refractivity contribution in [3.63, 3.8) is 0 Å². The van der Waals surface area contributed by atoms with E-state index in [1.807, 2.05) is 6.07 Å². The van der Waals surface area contributed by atoms with Gasteiger partial charge in [0.25, 0.3) is 5.91 Å². The molecule has 166 valence electrons. The van der Waals surface area contributed by atoms with E-state index in [-0.39, 0.29) is 5.91 Å². The molecule has 5 nitrogen and oxygen atoms in total. The predicted molar refractivity (Wildman–Crippen MR) is 131 cm³/mol. The number of rotatable bonds is 9. The lowest BCUT2D eigenvalue weighted by Gasteiger charge is -2.11. The molecule has 3 aromatic carbocycles. The first-order chi connectivity index (χ1) is 16.3. The average Bonchev–Trinajstić information content (AvgIpc) is 3.50. The molecule has 0 aliphatic carbocycles. The molecule has 2 aromatic heterocycles. The van der Waals surface area contributed by atoms with Gasteiger partial charge in [0, 0.05) is 19.5 Å². The number of imidazole rings is 1. The van der Waals surface area contributed by atoms with E-state index in [0.29, 0.717) is 12.3 Å². The lowest BCUT2D eigenvalue weighted by atomic mass is 10.1. The Balaban J connectivity index is 1.23. The maximum atomic E-state index is 11.9. The normalized spacial score (nSPS) is 11.3. The summed E-state index contributed by atoms with van der Waals surface area (Å²) in [6, 6.07) is 26.9. The molecule has 1 N–H and O–H groups in total. The first kappa shape index (κ1) is 21.0. The van der Waals surface area contributed by atoms with Crippen LogP contribution >= 0.6 is 0 Å². The fraction of sp³-hybridized carbons (Fsp3) is 0.214. The fourth-order valence-electron chi connectivity index (χ4n) is 4.29. The van der Waals surface area contributed by atoms with Crippen molar-refractivity contribution in [2.75, 3.05) is 6.54 Å². The van der Waals surface area contributed by atoms with Crippen LogP contribution in [0.5, 0.6) is 0 Å². The average molecular weight is 438 g/mol. The number of carbonyl (C=O) groups is 1. The standard InChI is InChI=1S/C28H27N3O2/c32-28(26-13-8-18-33-26)29-17-7-1-2-14-27-30-24-11-5-6-12-25(24)31(27)20-21-15-16-22-9-3-4-10-23(22)19-21/h3-6,8-13,15-16,18-19H,1-2,7,14,17,20H2,(H,29,32). The molecule has 0 saturated heterocycles. The first-order valence-corrected chi connectivity index (χ1v) is 11.5. The van der Waals surface area contributed by atoms with E-state index in [1.165, 1.54) is 28.1 Å². The summed E-state index contributed by atoms with van der Waals surface area (Å²) in [4.78, 5) is 16.9. The summed E-state index contributed by atoms with van der Waals surface area (Å²) in [6.45, 7) is 1.45. The number of amides is 1. The molecule has 0 radical (unpaired) electrons. The molecule has 0 saturated carbocycles. The zero-order valence-corrected chi connectivity index (χ0v) is 18.5. The zero-order valence-electron chi connectivity index (χ0n) is 18.5. The Morgan fingerprint density at radius 3 is 2.61 bits per heavy atom. The molecule has 5 aromatic rings. The number of hydrogen-bond acceptors (Lipinski definition) is 3. The van der Waals surface area contributed by atoms with Gasteiger partial charge in [0.1, 0.15) is 5.82 Å². The monoisotopic (exact) mass is 437 g/mol. The topological polar surface area (TPSA) is 60.1 Å². The van der Waals surface area contributed by atoms with Crippen LogP contribution in [0.15, 0.2) is 89.5 Å². The number of aryl methyl sites for hydroxylation is 1. The zero-order chi connectivity index (χ0) is 22.5. The summed E-state index contributed by atoms with van der Waals surface area (Å²) in [6.07, 6.45) is 5.40. The van der Waals surface area contributed by atoms with Crippen molar-refractivity contribution in [3.05, 3.63) is 102 Å². The summed E-state index contributed by atoms with van der Waals surface area (Å²) in [7, 11) is 0. The van der Waals surface area contributed by atoms with Crippen molar-refractivity contribution < 1.29 is 9.21 Å². The molecule has 0 unspecified atom stereocenters. The number of nitrogens with one attached hydrogen (secondary N) is 1. The molecule has 33 heavy (non-hydrogen) atoms. The number of aromatic nitrogens is 2. The van der Waals surface area contributed by atoms with E-state index < -0.39 is 0 Å². The maximum absolute atomic E-state index is 11.9. The highest BCUT2D eigenvalue weighted by Crippen LogP contribution is 2.22. The van der Waals surface area contributed by atoms with Crippen LogP contribution in [0.1, 0.15) is 41.2 Å². The number of nitrogens with zero attached hydrogens (tertiary/aromatic N) is 2. The fourth-order valence-corrected chi connectivity index (χ4v) is 4.29. The molecule has 0 aliphatic rings. The van der Waals surface area contributed by atoms with Crippen LogP contribution in [0, 0.1) is 0 Å². The van der Waals surface area contributed by atoms with Gasteiger partial charge in [-0.15, -0.1) is 0 Å². The van der Waals surface area contributed by atoms with Crippen LogP contribution in [0.25, 0.3) is 21.8 Å². The highest BCUT2D eigenvalue weighted by atomic mass is 16.3. The number of furan rings is 1. The van der Waals surface area contributed by atoms with Gasteiger partial charge in [-0.1, -0.05) is 55.0 Å². The van der Waals surface area contributed by atoms with Crippen molar-refractivity contribution in [3.8, 4) is 0 Å². The summed E-state index contributed by atoms with van der Waals surface area (Å²) in [5.41, 5.74) is 3.49. The van der Waals surface area contributed by atoms with Gasteiger partial charge in [0.05, 0.1) is 17.3 Å². The third-order valence-electron chi connectivity index (χ3n) is 6.00. The minimum atomic E-state index is -0.155. The summed E-state index contributed by atoms with van der Waals surface area (Å²) < 4.78 is 7.47. The summed E-state index contributed by atoms with van der Waals surface area (Å²) in [5.74, 6) is 1.32. The lowest BCUT2D eigenvalue weighted by molar-refractivity contribution is 0.0925. The second kappa shape index (κ2) is 9.74. The molecule has 0 aliphatic heterocycles. The number of fused-ring (bicyclic) bond motifs is 2. The Morgan fingerprint density at radius 1 is 0.879 bits per heavy atom. The van der Waals surface area contributed by atoms with Gasteiger partial charge < -0.3 is 14.3 Å². The summed E-state index contributed by atoms with van der Waals surface area (Å²) >= 11 is 0. The van der Waals surface area contributed by atoms with Gasteiger partial charge in [0.2, 0.25) is 0 Å². The molecule has 5 heteroatoms. The number of unbranched alkanes of at least 4 members (excludes halogenated alkanes) is 2. The Hall–Kier alpha value is -3.86. The highest BCUT2D eigenvalue weighted by Gasteiger charge is 2.11. The Morgan fingerprint density at radius 2 is 1.73 bits per heavy atom. The van der Waals surface area contributed by atoms with Gasteiger partial charge in [0.15, 0.2) is 5.76 Å². The van der Waals surface area contributed by atoms with Crippen LogP contribution in [-0.2, 0) is 13.0 Å². The Labute approximate surface area is 193 Å². The van der Waals surface area contributed by atoms with Crippen LogP contribution in [0.4, 0.5) is 0 Å². The summed E-state index contributed by atoms with van der Waals surface area (Å²) in [5, 5.41) is 5.43. The number of hydrogen-bond donors (Lipinski definition) is 1. The molecular weight excluding hydrogens is 410 g/mol. The van der Waals surface area contributed by atoms with Crippen molar-refractivity contribution >= 4 is 27.7 Å². The van der Waals surface area contributed by atoms with Gasteiger partial charge in [-0.3, -0.25) is 4.79 Å². The molecule has 1 amide bonds. The number of carbonyl (C=O) groups excluding carboxylic acids is 1. The van der Waals surface area contributed by atoms with E-state index in [2.05, 4.69) is 70.5 Å². The minimum absolute atomic E-state index is 0.155. The molecule has 5 rings (SSSR count). The largest absolute Gasteiger partial charge is 0.459 e. The molecule has 0 atom stereocenters. The van der Waals surface area contributed by atoms with Crippen molar-refractivity contribution in [1.29, 1.82) is 0 Å². The quantitative estimate of drug-likeness (QED) is 0.289. The SMILES string of the molecule is O=C(NCCCCCc1nc2ccccc2n1Cc1ccc2ccccc2c1)c1ccco1.